The Balaban J connectivity index is 1.27. The fourth-order valence-corrected chi connectivity index (χ4v) is 4.94. The van der Waals surface area contributed by atoms with Gasteiger partial charge in [0.1, 0.15) is 28.6 Å². The van der Waals surface area contributed by atoms with E-state index in [4.69, 9.17) is 16.3 Å². The standard InChI is InChI=1S/C29H31ClFN7O3/c1-18-13-19(20-15-33-37(17-20)24-8-6-5-7-23(24)31)14-32-26(18)35-27(39)25-22(30)16-34-38(25)21-9-11-36(12-10-21)28(40)41-29(2,3)4/h5-8,13-17,21H,9-12H2,1-4H3,(H,32,35,39). The molecule has 10 nitrogen and oxygen atoms in total. The van der Waals surface area contributed by atoms with E-state index >= 15 is 0 Å². The second-order valence-electron chi connectivity index (χ2n) is 11.0. The lowest BCUT2D eigenvalue weighted by atomic mass is 10.1. The fourth-order valence-electron chi connectivity index (χ4n) is 4.72. The number of aryl methyl sites for hydroxylation is 1. The SMILES string of the molecule is Cc1cc(-c2cnn(-c3ccccc3F)c2)cnc1NC(=O)c1c(Cl)cnn1C1CCN(C(=O)OC(C)(C)C)CC1. The molecule has 0 aliphatic carbocycles. The summed E-state index contributed by atoms with van der Waals surface area (Å²) in [5.41, 5.74) is 2.25. The normalized spacial score (nSPS) is 14.2. The Bertz CT molecular complexity index is 1590. The second-order valence-corrected chi connectivity index (χ2v) is 11.4. The van der Waals surface area contributed by atoms with E-state index < -0.39 is 11.5 Å². The largest absolute Gasteiger partial charge is 0.444 e. The zero-order chi connectivity index (χ0) is 29.3. The molecule has 2 amide bonds. The lowest BCUT2D eigenvalue weighted by Gasteiger charge is -2.33. The first kappa shape index (κ1) is 28.3. The lowest BCUT2D eigenvalue weighted by molar-refractivity contribution is 0.0183. The highest BCUT2D eigenvalue weighted by Gasteiger charge is 2.30. The van der Waals surface area contributed by atoms with Gasteiger partial charge in [0.15, 0.2) is 0 Å². The van der Waals surface area contributed by atoms with Crippen molar-refractivity contribution in [2.75, 3.05) is 18.4 Å². The maximum atomic E-state index is 14.2. The predicted octanol–water partition coefficient (Wildman–Crippen LogP) is 6.06. The zero-order valence-electron chi connectivity index (χ0n) is 23.3. The molecular weight excluding hydrogens is 549 g/mol. The average Bonchev–Trinajstić information content (AvgIpc) is 3.56. The number of hydrogen-bond acceptors (Lipinski definition) is 6. The average molecular weight is 580 g/mol. The molecule has 4 aromatic rings. The van der Waals surface area contributed by atoms with Crippen LogP contribution in [-0.4, -0.2) is 60.1 Å². The summed E-state index contributed by atoms with van der Waals surface area (Å²) in [5, 5.41) is 11.7. The van der Waals surface area contributed by atoms with Gasteiger partial charge >= 0.3 is 6.09 Å². The minimum absolute atomic E-state index is 0.107. The van der Waals surface area contributed by atoms with Gasteiger partial charge < -0.3 is 15.0 Å². The molecule has 0 saturated carbocycles. The third-order valence-corrected chi connectivity index (χ3v) is 7.03. The number of amides is 2. The second kappa shape index (κ2) is 11.3. The number of likely N-dealkylation sites (tertiary alicyclic amines) is 1. The molecule has 1 aromatic carbocycles. The highest BCUT2D eigenvalue weighted by Crippen LogP contribution is 2.29. The third kappa shape index (κ3) is 6.25. The predicted molar refractivity (Wildman–Crippen MR) is 153 cm³/mol. The summed E-state index contributed by atoms with van der Waals surface area (Å²) in [6, 6.07) is 8.16. The first-order valence-electron chi connectivity index (χ1n) is 13.3. The number of ether oxygens (including phenoxy) is 1. The van der Waals surface area contributed by atoms with Crippen molar-refractivity contribution in [1.82, 2.24) is 29.4 Å². The summed E-state index contributed by atoms with van der Waals surface area (Å²) >= 11 is 6.40. The molecule has 0 spiro atoms. The number of nitrogens with zero attached hydrogens (tertiary/aromatic N) is 6. The molecule has 1 aliphatic heterocycles. The summed E-state index contributed by atoms with van der Waals surface area (Å²) in [7, 11) is 0. The minimum atomic E-state index is -0.567. The minimum Gasteiger partial charge on any atom is -0.444 e. The van der Waals surface area contributed by atoms with E-state index in [-0.39, 0.29) is 28.7 Å². The van der Waals surface area contributed by atoms with Crippen molar-refractivity contribution in [3.8, 4) is 16.8 Å². The number of aromatic nitrogens is 5. The number of pyridine rings is 1. The number of benzene rings is 1. The van der Waals surface area contributed by atoms with Gasteiger partial charge in [-0.1, -0.05) is 23.7 Å². The van der Waals surface area contributed by atoms with Crippen LogP contribution in [0.15, 0.2) is 55.1 Å². The van der Waals surface area contributed by atoms with Gasteiger partial charge in [-0.25, -0.2) is 18.9 Å². The van der Waals surface area contributed by atoms with Gasteiger partial charge in [-0.05, 0) is 64.3 Å². The molecule has 0 atom stereocenters. The molecule has 1 aliphatic rings. The number of halogens is 2. The van der Waals surface area contributed by atoms with Crippen LogP contribution in [0.5, 0.6) is 0 Å². The zero-order valence-corrected chi connectivity index (χ0v) is 24.0. The van der Waals surface area contributed by atoms with E-state index in [2.05, 4.69) is 20.5 Å². The van der Waals surface area contributed by atoms with Crippen LogP contribution in [0.4, 0.5) is 15.0 Å². The van der Waals surface area contributed by atoms with Crippen LogP contribution in [0.3, 0.4) is 0 Å². The molecular formula is C29H31ClFN7O3. The van der Waals surface area contributed by atoms with E-state index in [1.54, 1.807) is 46.4 Å². The Morgan fingerprint density at radius 2 is 1.80 bits per heavy atom. The quantitative estimate of drug-likeness (QED) is 0.308. The first-order valence-corrected chi connectivity index (χ1v) is 13.7. The number of hydrogen-bond donors (Lipinski definition) is 1. The van der Waals surface area contributed by atoms with Crippen molar-refractivity contribution in [3.05, 3.63) is 77.2 Å². The van der Waals surface area contributed by atoms with Crippen LogP contribution in [0.2, 0.25) is 5.02 Å². The van der Waals surface area contributed by atoms with Crippen LogP contribution in [0.1, 0.15) is 55.7 Å². The van der Waals surface area contributed by atoms with Gasteiger partial charge in [-0.3, -0.25) is 9.48 Å². The van der Waals surface area contributed by atoms with Crippen LogP contribution < -0.4 is 5.32 Å². The molecule has 5 rings (SSSR count). The number of carbonyl (C=O) groups is 2. The molecule has 0 radical (unpaired) electrons. The maximum absolute atomic E-state index is 14.2. The van der Waals surface area contributed by atoms with Crippen LogP contribution in [0, 0.1) is 12.7 Å². The molecule has 1 saturated heterocycles. The molecule has 0 bridgehead atoms. The van der Waals surface area contributed by atoms with Gasteiger partial charge in [0.2, 0.25) is 0 Å². The maximum Gasteiger partial charge on any atom is 0.410 e. The summed E-state index contributed by atoms with van der Waals surface area (Å²) in [5.74, 6) is -0.428. The Labute approximate surface area is 242 Å². The number of rotatable bonds is 5. The molecule has 3 aromatic heterocycles. The van der Waals surface area contributed by atoms with E-state index in [0.29, 0.717) is 37.4 Å². The molecule has 214 valence electrons. The van der Waals surface area contributed by atoms with Gasteiger partial charge in [0, 0.05) is 36.6 Å². The van der Waals surface area contributed by atoms with E-state index in [9.17, 15) is 14.0 Å². The van der Waals surface area contributed by atoms with E-state index in [0.717, 1.165) is 16.7 Å². The summed E-state index contributed by atoms with van der Waals surface area (Å²) in [6.07, 6.45) is 7.28. The van der Waals surface area contributed by atoms with Gasteiger partial charge in [-0.15, -0.1) is 0 Å². The molecule has 1 fully saturated rings. The Morgan fingerprint density at radius 3 is 2.49 bits per heavy atom. The molecule has 0 unspecified atom stereocenters. The summed E-state index contributed by atoms with van der Waals surface area (Å²) in [6.45, 7) is 8.29. The monoisotopic (exact) mass is 579 g/mol. The van der Waals surface area contributed by atoms with Crippen molar-refractivity contribution < 1.29 is 18.7 Å². The number of nitrogens with one attached hydrogen (secondary N) is 1. The third-order valence-electron chi connectivity index (χ3n) is 6.75. The highest BCUT2D eigenvalue weighted by atomic mass is 35.5. The Hall–Kier alpha value is -4.25. The Kier molecular flexibility index (Phi) is 7.81. The number of carbonyl (C=O) groups excluding carboxylic acids is 2. The van der Waals surface area contributed by atoms with Gasteiger partial charge in [0.05, 0.1) is 23.5 Å². The number of para-hydroxylation sites is 1. The topological polar surface area (TPSA) is 107 Å². The molecule has 1 N–H and O–H groups in total. The van der Waals surface area contributed by atoms with Crippen molar-refractivity contribution in [2.24, 2.45) is 0 Å². The number of piperidine rings is 1. The van der Waals surface area contributed by atoms with Crippen molar-refractivity contribution in [2.45, 2.75) is 52.2 Å². The van der Waals surface area contributed by atoms with Crippen LogP contribution in [-0.2, 0) is 4.74 Å². The van der Waals surface area contributed by atoms with Crippen LogP contribution >= 0.6 is 11.6 Å². The number of anilines is 1. The fraction of sp³-hybridized carbons (Fsp3) is 0.345. The van der Waals surface area contributed by atoms with Gasteiger partial charge in [-0.2, -0.15) is 10.2 Å². The van der Waals surface area contributed by atoms with Crippen molar-refractivity contribution in [3.63, 3.8) is 0 Å². The van der Waals surface area contributed by atoms with Crippen LogP contribution in [0.25, 0.3) is 16.8 Å². The summed E-state index contributed by atoms with van der Waals surface area (Å²) in [4.78, 5) is 31.9. The summed E-state index contributed by atoms with van der Waals surface area (Å²) < 4.78 is 22.7. The van der Waals surface area contributed by atoms with E-state index in [1.165, 1.54) is 16.9 Å². The first-order chi connectivity index (χ1) is 19.5. The molecule has 4 heterocycles. The Morgan fingerprint density at radius 1 is 1.07 bits per heavy atom. The van der Waals surface area contributed by atoms with Crippen molar-refractivity contribution >= 4 is 29.4 Å². The van der Waals surface area contributed by atoms with E-state index in [1.807, 2.05) is 33.8 Å². The molecule has 12 heteroatoms. The smallest absolute Gasteiger partial charge is 0.410 e. The van der Waals surface area contributed by atoms with Gasteiger partial charge in [0.25, 0.3) is 5.91 Å². The lowest BCUT2D eigenvalue weighted by Crippen LogP contribution is -2.42. The highest BCUT2D eigenvalue weighted by molar-refractivity contribution is 6.34. The molecule has 41 heavy (non-hydrogen) atoms. The van der Waals surface area contributed by atoms with Crippen molar-refractivity contribution in [1.29, 1.82) is 0 Å².